The SMILES string of the molecule is N#Cc1ccc(N2CCCC3(CCN(C(=O)CN4CCOCC4)CC3)COc3ccccc3C(=O)N(Cc3ccccc3)CC2)nc1. The van der Waals surface area contributed by atoms with E-state index in [1.807, 2.05) is 70.5 Å². The first kappa shape index (κ1) is 32.5. The zero-order chi connectivity index (χ0) is 32.5. The predicted molar refractivity (Wildman–Crippen MR) is 179 cm³/mol. The Balaban J connectivity index is 1.24. The van der Waals surface area contributed by atoms with E-state index in [-0.39, 0.29) is 17.2 Å². The molecule has 0 unspecified atom stereocenters. The monoisotopic (exact) mass is 636 g/mol. The number of amides is 2. The molecule has 1 spiro atoms. The van der Waals surface area contributed by atoms with Gasteiger partial charge in [0.1, 0.15) is 17.6 Å². The van der Waals surface area contributed by atoms with Crippen LogP contribution in [0, 0.1) is 16.7 Å². The van der Waals surface area contributed by atoms with Gasteiger partial charge in [-0.2, -0.15) is 5.26 Å². The molecular formula is C37H44N6O4. The van der Waals surface area contributed by atoms with Crippen molar-refractivity contribution in [2.75, 3.05) is 77.1 Å². The van der Waals surface area contributed by atoms with Gasteiger partial charge in [0.15, 0.2) is 0 Å². The minimum atomic E-state index is -0.132. The zero-order valence-corrected chi connectivity index (χ0v) is 27.1. The Labute approximate surface area is 277 Å². The van der Waals surface area contributed by atoms with Gasteiger partial charge in [0.2, 0.25) is 5.91 Å². The average Bonchev–Trinajstić information content (AvgIpc) is 3.13. The molecule has 2 aromatic carbocycles. The van der Waals surface area contributed by atoms with Crippen molar-refractivity contribution in [3.05, 3.63) is 89.6 Å². The Morgan fingerprint density at radius 3 is 2.38 bits per heavy atom. The number of fused-ring (bicyclic) bond motifs is 1. The van der Waals surface area contributed by atoms with Crippen LogP contribution in [0.2, 0.25) is 0 Å². The van der Waals surface area contributed by atoms with Crippen molar-refractivity contribution in [1.29, 1.82) is 5.26 Å². The maximum absolute atomic E-state index is 14.2. The Morgan fingerprint density at radius 2 is 1.64 bits per heavy atom. The average molecular weight is 637 g/mol. The van der Waals surface area contributed by atoms with Crippen LogP contribution in [0.15, 0.2) is 72.9 Å². The lowest BCUT2D eigenvalue weighted by Crippen LogP contribution is -2.50. The van der Waals surface area contributed by atoms with E-state index in [1.54, 1.807) is 12.3 Å². The number of rotatable bonds is 5. The molecule has 0 radical (unpaired) electrons. The number of nitriles is 1. The standard InChI is InChI=1S/C37H44N6O4/c38-25-31-11-12-34(39-26-31)41-16-6-13-37(14-17-42(18-15-37)35(44)28-40-21-23-46-24-22-40)29-47-33-10-5-4-9-32(33)36(45)43(20-19-41)27-30-7-2-1-3-8-30/h1-5,7-12,26H,6,13-24,27-29H2. The van der Waals surface area contributed by atoms with Crippen LogP contribution in [0.4, 0.5) is 5.82 Å². The maximum Gasteiger partial charge on any atom is 0.257 e. The normalized spacial score (nSPS) is 19.5. The Morgan fingerprint density at radius 1 is 0.872 bits per heavy atom. The quantitative estimate of drug-likeness (QED) is 0.411. The molecule has 0 bridgehead atoms. The molecule has 10 heteroatoms. The summed E-state index contributed by atoms with van der Waals surface area (Å²) in [6.07, 6.45) is 5.12. The van der Waals surface area contributed by atoms with Gasteiger partial charge in [-0.15, -0.1) is 0 Å². The molecule has 3 aromatic rings. The van der Waals surface area contributed by atoms with Gasteiger partial charge in [-0.25, -0.2) is 4.98 Å². The third-order valence-corrected chi connectivity index (χ3v) is 9.77. The summed E-state index contributed by atoms with van der Waals surface area (Å²) in [4.78, 5) is 40.4. The van der Waals surface area contributed by atoms with E-state index in [1.165, 1.54) is 0 Å². The number of anilines is 1. The first-order chi connectivity index (χ1) is 23.0. The predicted octanol–water partition coefficient (Wildman–Crippen LogP) is 4.22. The number of hydrogen-bond donors (Lipinski definition) is 0. The van der Waals surface area contributed by atoms with Crippen molar-refractivity contribution in [2.24, 2.45) is 5.41 Å². The molecule has 0 N–H and O–H groups in total. The zero-order valence-electron chi connectivity index (χ0n) is 27.1. The van der Waals surface area contributed by atoms with Crippen LogP contribution < -0.4 is 9.64 Å². The van der Waals surface area contributed by atoms with Gasteiger partial charge >= 0.3 is 0 Å². The highest BCUT2D eigenvalue weighted by atomic mass is 16.5. The summed E-state index contributed by atoms with van der Waals surface area (Å²) in [6, 6.07) is 23.5. The Hall–Kier alpha value is -4.46. The second-order valence-corrected chi connectivity index (χ2v) is 12.9. The number of aromatic nitrogens is 1. The molecule has 1 aromatic heterocycles. The molecule has 246 valence electrons. The number of para-hydroxylation sites is 1. The largest absolute Gasteiger partial charge is 0.492 e. The van der Waals surface area contributed by atoms with Gasteiger partial charge < -0.3 is 24.2 Å². The highest BCUT2D eigenvalue weighted by Gasteiger charge is 2.37. The molecule has 0 saturated carbocycles. The van der Waals surface area contributed by atoms with Gasteiger partial charge in [0.25, 0.3) is 5.91 Å². The van der Waals surface area contributed by atoms with Crippen molar-refractivity contribution in [3.8, 4) is 11.8 Å². The van der Waals surface area contributed by atoms with E-state index in [9.17, 15) is 14.9 Å². The third kappa shape index (κ3) is 8.28. The fourth-order valence-electron chi connectivity index (χ4n) is 6.84. The molecule has 2 fully saturated rings. The van der Waals surface area contributed by atoms with Crippen molar-refractivity contribution in [3.63, 3.8) is 0 Å². The van der Waals surface area contributed by atoms with E-state index in [0.29, 0.717) is 76.0 Å². The molecule has 4 heterocycles. The number of benzene rings is 2. The fourth-order valence-corrected chi connectivity index (χ4v) is 6.84. The van der Waals surface area contributed by atoms with Gasteiger partial charge in [-0.05, 0) is 55.5 Å². The molecule has 0 atom stereocenters. The summed E-state index contributed by atoms with van der Waals surface area (Å²) in [7, 11) is 0. The number of likely N-dealkylation sites (tertiary alicyclic amines) is 1. The van der Waals surface area contributed by atoms with E-state index in [0.717, 1.165) is 56.7 Å². The summed E-state index contributed by atoms with van der Waals surface area (Å²) < 4.78 is 12.0. The van der Waals surface area contributed by atoms with Gasteiger partial charge in [-0.1, -0.05) is 42.5 Å². The first-order valence-corrected chi connectivity index (χ1v) is 16.8. The van der Waals surface area contributed by atoms with Crippen molar-refractivity contribution < 1.29 is 19.1 Å². The lowest BCUT2D eigenvalue weighted by Gasteiger charge is -2.42. The third-order valence-electron chi connectivity index (χ3n) is 9.77. The van der Waals surface area contributed by atoms with Crippen LogP contribution in [-0.2, 0) is 16.1 Å². The minimum Gasteiger partial charge on any atom is -0.492 e. The van der Waals surface area contributed by atoms with Crippen molar-refractivity contribution in [1.82, 2.24) is 19.7 Å². The van der Waals surface area contributed by atoms with E-state index in [4.69, 9.17) is 9.47 Å². The number of pyridine rings is 1. The van der Waals surface area contributed by atoms with Crippen LogP contribution in [0.5, 0.6) is 5.75 Å². The molecule has 3 aliphatic rings. The van der Waals surface area contributed by atoms with Gasteiger partial charge in [0.05, 0.1) is 37.5 Å². The van der Waals surface area contributed by atoms with Crippen molar-refractivity contribution >= 4 is 17.6 Å². The molecule has 6 rings (SSSR count). The van der Waals surface area contributed by atoms with E-state index in [2.05, 4.69) is 20.9 Å². The number of carbonyl (C=O) groups is 2. The molecule has 2 amide bonds. The number of ether oxygens (including phenoxy) is 2. The lowest BCUT2D eigenvalue weighted by molar-refractivity contribution is -0.136. The molecule has 10 nitrogen and oxygen atoms in total. The fraction of sp³-hybridized carbons (Fsp3) is 0.459. The van der Waals surface area contributed by atoms with Crippen LogP contribution in [-0.4, -0.2) is 104 Å². The highest BCUT2D eigenvalue weighted by molar-refractivity contribution is 5.97. The minimum absolute atomic E-state index is 0.0750. The summed E-state index contributed by atoms with van der Waals surface area (Å²) in [5.74, 6) is 1.50. The Bertz CT molecular complexity index is 1530. The molecule has 0 aliphatic carbocycles. The summed E-state index contributed by atoms with van der Waals surface area (Å²) in [5.41, 5.74) is 2.00. The van der Waals surface area contributed by atoms with E-state index >= 15 is 0 Å². The summed E-state index contributed by atoms with van der Waals surface area (Å²) >= 11 is 0. The number of hydrogen-bond acceptors (Lipinski definition) is 8. The summed E-state index contributed by atoms with van der Waals surface area (Å²) in [5, 5.41) is 9.34. The van der Waals surface area contributed by atoms with Crippen molar-refractivity contribution in [2.45, 2.75) is 32.2 Å². The van der Waals surface area contributed by atoms with Gasteiger partial charge in [-0.3, -0.25) is 14.5 Å². The highest BCUT2D eigenvalue weighted by Crippen LogP contribution is 2.38. The number of piperidine rings is 1. The topological polar surface area (TPSA) is 102 Å². The maximum atomic E-state index is 14.2. The summed E-state index contributed by atoms with van der Waals surface area (Å²) in [6.45, 7) is 7.57. The second-order valence-electron chi connectivity index (χ2n) is 12.9. The second kappa shape index (κ2) is 15.4. The molecular weight excluding hydrogens is 592 g/mol. The van der Waals surface area contributed by atoms with E-state index < -0.39 is 0 Å². The van der Waals surface area contributed by atoms with Crippen LogP contribution in [0.1, 0.15) is 47.2 Å². The van der Waals surface area contributed by atoms with Gasteiger partial charge in [0, 0.05) is 64.0 Å². The molecule has 47 heavy (non-hydrogen) atoms. The van der Waals surface area contributed by atoms with Crippen LogP contribution in [0.3, 0.4) is 0 Å². The van der Waals surface area contributed by atoms with Crippen LogP contribution in [0.25, 0.3) is 0 Å². The Kier molecular flexibility index (Phi) is 10.7. The smallest absolute Gasteiger partial charge is 0.257 e. The number of nitrogens with zero attached hydrogens (tertiary/aromatic N) is 6. The number of morpholine rings is 1. The first-order valence-electron chi connectivity index (χ1n) is 16.8. The van der Waals surface area contributed by atoms with Crippen LogP contribution >= 0.6 is 0 Å². The molecule has 3 aliphatic heterocycles. The molecule has 2 saturated heterocycles. The number of carbonyl (C=O) groups excluding carboxylic acids is 2. The lowest BCUT2D eigenvalue weighted by atomic mass is 9.75.